The van der Waals surface area contributed by atoms with Crippen molar-refractivity contribution in [3.8, 4) is 11.5 Å². The van der Waals surface area contributed by atoms with Crippen LogP contribution in [0.2, 0.25) is 0 Å². The van der Waals surface area contributed by atoms with Crippen LogP contribution >= 0.6 is 0 Å². The number of amides is 2. The SMILES string of the molecule is O=C1NCCC(O)C1C(=O)NOc1cccc(OC(F)(F)F)c1. The van der Waals surface area contributed by atoms with Crippen LogP contribution in [0.5, 0.6) is 11.5 Å². The van der Waals surface area contributed by atoms with Crippen molar-refractivity contribution in [2.75, 3.05) is 6.54 Å². The van der Waals surface area contributed by atoms with Crippen LogP contribution in [0.4, 0.5) is 13.2 Å². The number of nitrogens with one attached hydrogen (secondary N) is 2. The standard InChI is InChI=1S/C13H13F3N2O5/c14-13(15,16)22-7-2-1-3-8(6-7)23-18-12(21)10-9(19)4-5-17-11(10)20/h1-3,6,9-10,19H,4-5H2,(H,17,20)(H,18,21). The Morgan fingerprint density at radius 2 is 2.04 bits per heavy atom. The molecule has 2 amide bonds. The van der Waals surface area contributed by atoms with Crippen LogP contribution in [0.15, 0.2) is 24.3 Å². The van der Waals surface area contributed by atoms with Gasteiger partial charge in [-0.05, 0) is 18.6 Å². The van der Waals surface area contributed by atoms with Gasteiger partial charge < -0.3 is 20.0 Å². The number of hydrogen-bond acceptors (Lipinski definition) is 5. The third kappa shape index (κ3) is 4.74. The third-order valence-electron chi connectivity index (χ3n) is 3.00. The normalized spacial score (nSPS) is 21.3. The van der Waals surface area contributed by atoms with Crippen LogP contribution in [0.1, 0.15) is 6.42 Å². The molecule has 0 radical (unpaired) electrons. The van der Waals surface area contributed by atoms with Crippen molar-refractivity contribution < 1.29 is 37.4 Å². The average molecular weight is 334 g/mol. The van der Waals surface area contributed by atoms with E-state index in [9.17, 15) is 27.9 Å². The topological polar surface area (TPSA) is 96.9 Å². The number of halogens is 3. The molecule has 2 rings (SSSR count). The van der Waals surface area contributed by atoms with Crippen molar-refractivity contribution >= 4 is 11.8 Å². The first kappa shape index (κ1) is 16.9. The number of aliphatic hydroxyl groups is 1. The lowest BCUT2D eigenvalue weighted by molar-refractivity contribution is -0.274. The minimum Gasteiger partial charge on any atom is -0.406 e. The minimum atomic E-state index is -4.85. The Kier molecular flexibility index (Phi) is 4.94. The molecule has 3 N–H and O–H groups in total. The molecule has 2 unspecified atom stereocenters. The highest BCUT2D eigenvalue weighted by molar-refractivity contribution is 6.01. The highest BCUT2D eigenvalue weighted by Crippen LogP contribution is 2.25. The Balaban J connectivity index is 1.96. The van der Waals surface area contributed by atoms with Gasteiger partial charge in [-0.1, -0.05) is 6.07 Å². The van der Waals surface area contributed by atoms with Gasteiger partial charge in [-0.2, -0.15) is 5.48 Å². The molecule has 1 aromatic carbocycles. The van der Waals surface area contributed by atoms with Crippen LogP contribution < -0.4 is 20.4 Å². The Hall–Kier alpha value is -2.49. The number of piperidine rings is 1. The first-order valence-electron chi connectivity index (χ1n) is 6.54. The highest BCUT2D eigenvalue weighted by atomic mass is 19.4. The first-order chi connectivity index (χ1) is 10.8. The number of carbonyl (C=O) groups is 2. The second kappa shape index (κ2) is 6.73. The molecule has 1 aromatic rings. The van der Waals surface area contributed by atoms with E-state index >= 15 is 0 Å². The summed E-state index contributed by atoms with van der Waals surface area (Å²) in [6.45, 7) is 0.251. The summed E-state index contributed by atoms with van der Waals surface area (Å²) in [5.74, 6) is -3.57. The van der Waals surface area contributed by atoms with Gasteiger partial charge in [0.1, 0.15) is 11.7 Å². The monoisotopic (exact) mass is 334 g/mol. The van der Waals surface area contributed by atoms with Crippen molar-refractivity contribution in [3.63, 3.8) is 0 Å². The van der Waals surface area contributed by atoms with E-state index in [2.05, 4.69) is 10.1 Å². The van der Waals surface area contributed by atoms with Gasteiger partial charge in [0.05, 0.1) is 6.10 Å². The molecule has 126 valence electrons. The van der Waals surface area contributed by atoms with E-state index in [1.807, 2.05) is 5.48 Å². The van der Waals surface area contributed by atoms with Crippen LogP contribution in [-0.2, 0) is 9.59 Å². The zero-order valence-corrected chi connectivity index (χ0v) is 11.6. The summed E-state index contributed by atoms with van der Waals surface area (Å²) in [7, 11) is 0. The van der Waals surface area contributed by atoms with Crippen molar-refractivity contribution in [2.24, 2.45) is 5.92 Å². The Labute approximate surface area is 128 Å². The molecule has 1 saturated heterocycles. The van der Waals surface area contributed by atoms with E-state index in [0.717, 1.165) is 12.1 Å². The summed E-state index contributed by atoms with van der Waals surface area (Å²) in [5, 5.41) is 12.1. The average Bonchev–Trinajstić information content (AvgIpc) is 2.43. The molecule has 0 spiro atoms. The van der Waals surface area contributed by atoms with Gasteiger partial charge in [-0.25, -0.2) is 0 Å². The molecule has 0 aliphatic carbocycles. The summed E-state index contributed by atoms with van der Waals surface area (Å²) in [6.07, 6.45) is -5.81. The van der Waals surface area contributed by atoms with Gasteiger partial charge in [-0.3, -0.25) is 9.59 Å². The number of carbonyl (C=O) groups excluding carboxylic acids is 2. The fourth-order valence-electron chi connectivity index (χ4n) is 2.00. The number of benzene rings is 1. The fraction of sp³-hybridized carbons (Fsp3) is 0.385. The van der Waals surface area contributed by atoms with Gasteiger partial charge in [0.2, 0.25) is 5.91 Å². The van der Waals surface area contributed by atoms with Gasteiger partial charge in [0.25, 0.3) is 5.91 Å². The number of hydroxylamine groups is 1. The molecular weight excluding hydrogens is 321 g/mol. The smallest absolute Gasteiger partial charge is 0.406 e. The number of alkyl halides is 3. The second-order valence-corrected chi connectivity index (χ2v) is 4.72. The maximum atomic E-state index is 12.1. The summed E-state index contributed by atoms with van der Waals surface area (Å²) in [5.41, 5.74) is 1.92. The van der Waals surface area contributed by atoms with E-state index in [1.54, 1.807) is 0 Å². The number of ether oxygens (including phenoxy) is 1. The molecule has 23 heavy (non-hydrogen) atoms. The molecule has 7 nitrogen and oxygen atoms in total. The quantitative estimate of drug-likeness (QED) is 0.550. The van der Waals surface area contributed by atoms with Gasteiger partial charge >= 0.3 is 6.36 Å². The number of aliphatic hydroxyl groups excluding tert-OH is 1. The van der Waals surface area contributed by atoms with Crippen molar-refractivity contribution in [1.29, 1.82) is 0 Å². The van der Waals surface area contributed by atoms with Crippen molar-refractivity contribution in [2.45, 2.75) is 18.9 Å². The van der Waals surface area contributed by atoms with E-state index in [1.165, 1.54) is 12.1 Å². The summed E-state index contributed by atoms with van der Waals surface area (Å²) < 4.78 is 40.0. The van der Waals surface area contributed by atoms with Crippen LogP contribution in [0, 0.1) is 5.92 Å². The zero-order valence-electron chi connectivity index (χ0n) is 11.6. The lowest BCUT2D eigenvalue weighted by Gasteiger charge is -2.25. The molecule has 1 aliphatic rings. The van der Waals surface area contributed by atoms with Crippen LogP contribution in [-0.4, -0.2) is 35.9 Å². The first-order valence-corrected chi connectivity index (χ1v) is 6.54. The Bertz CT molecular complexity index is 593. The van der Waals surface area contributed by atoms with E-state index < -0.39 is 35.9 Å². The van der Waals surface area contributed by atoms with E-state index in [0.29, 0.717) is 0 Å². The number of hydrogen-bond donors (Lipinski definition) is 3. The Morgan fingerprint density at radius 1 is 1.35 bits per heavy atom. The lowest BCUT2D eigenvalue weighted by atomic mass is 9.95. The van der Waals surface area contributed by atoms with Crippen LogP contribution in [0.25, 0.3) is 0 Å². The van der Waals surface area contributed by atoms with E-state index in [-0.39, 0.29) is 18.7 Å². The maximum Gasteiger partial charge on any atom is 0.573 e. The number of rotatable bonds is 4. The molecule has 10 heteroatoms. The second-order valence-electron chi connectivity index (χ2n) is 4.72. The highest BCUT2D eigenvalue weighted by Gasteiger charge is 2.37. The summed E-state index contributed by atoms with van der Waals surface area (Å²) >= 11 is 0. The van der Waals surface area contributed by atoms with Crippen LogP contribution in [0.3, 0.4) is 0 Å². The maximum absolute atomic E-state index is 12.1. The molecular formula is C13H13F3N2O5. The summed E-state index contributed by atoms with van der Waals surface area (Å²) in [6, 6.07) is 4.47. The van der Waals surface area contributed by atoms with E-state index in [4.69, 9.17) is 4.84 Å². The molecule has 1 aliphatic heterocycles. The zero-order chi connectivity index (χ0) is 17.0. The molecule has 1 heterocycles. The predicted octanol–water partition coefficient (Wildman–Crippen LogP) is 0.492. The molecule has 1 fully saturated rings. The molecule has 0 aromatic heterocycles. The lowest BCUT2D eigenvalue weighted by Crippen LogP contribution is -2.52. The third-order valence-corrected chi connectivity index (χ3v) is 3.00. The van der Waals surface area contributed by atoms with Gasteiger partial charge in [0.15, 0.2) is 5.75 Å². The molecule has 0 saturated carbocycles. The van der Waals surface area contributed by atoms with Crippen molar-refractivity contribution in [3.05, 3.63) is 24.3 Å². The Morgan fingerprint density at radius 3 is 2.70 bits per heavy atom. The fourth-order valence-corrected chi connectivity index (χ4v) is 2.00. The van der Waals surface area contributed by atoms with Gasteiger partial charge in [-0.15, -0.1) is 13.2 Å². The van der Waals surface area contributed by atoms with Crippen molar-refractivity contribution in [1.82, 2.24) is 10.8 Å². The minimum absolute atomic E-state index is 0.134. The largest absolute Gasteiger partial charge is 0.573 e. The summed E-state index contributed by atoms with van der Waals surface area (Å²) in [4.78, 5) is 28.2. The van der Waals surface area contributed by atoms with Gasteiger partial charge in [0, 0.05) is 12.6 Å². The molecule has 0 bridgehead atoms. The molecule has 2 atom stereocenters. The predicted molar refractivity (Wildman–Crippen MR) is 69.0 cm³/mol.